The number of benzene rings is 18. The molecule has 0 fully saturated rings. The molecule has 28 rings (SSSR count). The lowest BCUT2D eigenvalue weighted by Crippen LogP contribution is -2.15. The summed E-state index contributed by atoms with van der Waals surface area (Å²) in [5, 5.41) is 12.1. The summed E-state index contributed by atoms with van der Waals surface area (Å²) in [4.78, 5) is 46.8. The Labute approximate surface area is 854 Å². The summed E-state index contributed by atoms with van der Waals surface area (Å²) in [5.74, 6) is 1.91. The highest BCUT2D eigenvalue weighted by molar-refractivity contribution is 7.26. The van der Waals surface area contributed by atoms with Crippen molar-refractivity contribution in [2.75, 3.05) is 0 Å². The Morgan fingerprint density at radius 2 is 0.514 bits per heavy atom. The first-order valence-corrected chi connectivity index (χ1v) is 51.6. The Bertz CT molecular complexity index is 9980. The van der Waals surface area contributed by atoms with E-state index in [1.54, 1.807) is 6.20 Å². The van der Waals surface area contributed by atoms with Crippen molar-refractivity contribution in [3.05, 3.63) is 479 Å². The summed E-state index contributed by atoms with van der Waals surface area (Å²) < 4.78 is 7.52. The topological polar surface area (TPSA) is 116 Å². The van der Waals surface area contributed by atoms with Crippen molar-refractivity contribution in [2.45, 2.75) is 19.3 Å². The molecular weight excluding hydrogens is 1830 g/mol. The van der Waals surface area contributed by atoms with Gasteiger partial charge in [-0.2, -0.15) is 0 Å². The molecule has 682 valence electrons. The van der Waals surface area contributed by atoms with Crippen LogP contribution in [0.1, 0.15) is 25.0 Å². The van der Waals surface area contributed by atoms with Crippen LogP contribution >= 0.6 is 34.0 Å². The van der Waals surface area contributed by atoms with Gasteiger partial charge in [0, 0.05) is 175 Å². The van der Waals surface area contributed by atoms with Gasteiger partial charge in [0.25, 0.3) is 0 Å². The fourth-order valence-corrected chi connectivity index (χ4v) is 24.8. The number of nitrogens with zero attached hydrogens (tertiary/aromatic N) is 9. The highest BCUT2D eigenvalue weighted by Crippen LogP contribution is 2.53. The van der Waals surface area contributed by atoms with E-state index in [1.807, 2.05) is 77.1 Å². The van der Waals surface area contributed by atoms with E-state index < -0.39 is 0 Å². The van der Waals surface area contributed by atoms with Crippen LogP contribution in [0, 0.1) is 0 Å². The van der Waals surface area contributed by atoms with Gasteiger partial charge in [-0.3, -0.25) is 15.0 Å². The van der Waals surface area contributed by atoms with E-state index in [9.17, 15) is 0 Å². The molecule has 0 radical (unpaired) electrons. The smallest absolute Gasteiger partial charge is 0.160 e. The number of pyridine rings is 3. The quantitative estimate of drug-likeness (QED) is 0.0879. The Morgan fingerprint density at radius 3 is 1.05 bits per heavy atom. The van der Waals surface area contributed by atoms with Gasteiger partial charge in [-0.1, -0.05) is 299 Å². The number of rotatable bonds is 17. The van der Waals surface area contributed by atoms with Crippen molar-refractivity contribution in [3.8, 4) is 202 Å². The van der Waals surface area contributed by atoms with Crippen molar-refractivity contribution < 1.29 is 0 Å². The van der Waals surface area contributed by atoms with Gasteiger partial charge in [-0.05, 0) is 256 Å². The Morgan fingerprint density at radius 1 is 0.164 bits per heavy atom. The van der Waals surface area contributed by atoms with Crippen LogP contribution in [0.4, 0.5) is 0 Å². The molecule has 9 aromatic heterocycles. The third-order valence-corrected chi connectivity index (χ3v) is 32.6. The number of hydrogen-bond acceptors (Lipinski definition) is 12. The minimum absolute atomic E-state index is 0.265. The van der Waals surface area contributed by atoms with Crippen LogP contribution in [0.15, 0.2) is 468 Å². The summed E-state index contributed by atoms with van der Waals surface area (Å²) in [6.45, 7) is 4.71. The minimum Gasteiger partial charge on any atom is -0.264 e. The van der Waals surface area contributed by atoms with Crippen molar-refractivity contribution in [1.29, 1.82) is 0 Å². The molecule has 146 heavy (non-hydrogen) atoms. The Balaban J connectivity index is 0.477. The highest BCUT2D eigenvalue weighted by Gasteiger charge is 2.36. The van der Waals surface area contributed by atoms with Crippen LogP contribution in [-0.4, -0.2) is 44.9 Å². The molecule has 0 bridgehead atoms. The molecule has 0 saturated heterocycles. The average Bonchev–Trinajstić information content (AvgIpc) is 1.57. The van der Waals surface area contributed by atoms with Gasteiger partial charge in [-0.25, -0.2) is 29.9 Å². The second-order valence-corrected chi connectivity index (χ2v) is 41.7. The van der Waals surface area contributed by atoms with Crippen LogP contribution in [0.5, 0.6) is 0 Å². The maximum Gasteiger partial charge on any atom is 0.160 e. The number of fused-ring (bicyclic) bond motifs is 14. The lowest BCUT2D eigenvalue weighted by Gasteiger charge is -2.22. The number of thiophene rings is 3. The molecule has 0 spiro atoms. The van der Waals surface area contributed by atoms with E-state index in [2.05, 4.69) is 442 Å². The molecule has 0 atom stereocenters. The summed E-state index contributed by atoms with van der Waals surface area (Å²) in [6.07, 6.45) is 11.4. The molecule has 9 nitrogen and oxygen atoms in total. The molecule has 1 aliphatic rings. The zero-order valence-electron chi connectivity index (χ0n) is 79.2. The predicted octanol–water partition coefficient (Wildman–Crippen LogP) is 36.3. The van der Waals surface area contributed by atoms with Crippen molar-refractivity contribution in [2.24, 2.45) is 0 Å². The van der Waals surface area contributed by atoms with E-state index >= 15 is 0 Å². The maximum absolute atomic E-state index is 5.54. The number of hydrogen-bond donors (Lipinski definition) is 0. The van der Waals surface area contributed by atoms with Gasteiger partial charge in [0.2, 0.25) is 0 Å². The molecule has 9 heterocycles. The molecule has 0 unspecified atom stereocenters. The summed E-state index contributed by atoms with van der Waals surface area (Å²) in [7, 11) is 0. The van der Waals surface area contributed by atoms with Gasteiger partial charge >= 0.3 is 0 Å². The van der Waals surface area contributed by atoms with Crippen molar-refractivity contribution in [3.63, 3.8) is 0 Å². The fourth-order valence-electron chi connectivity index (χ4n) is 21.5. The van der Waals surface area contributed by atoms with Crippen LogP contribution in [-0.2, 0) is 5.41 Å². The van der Waals surface area contributed by atoms with Crippen molar-refractivity contribution >= 4 is 116 Å². The van der Waals surface area contributed by atoms with Crippen molar-refractivity contribution in [1.82, 2.24) is 44.9 Å². The van der Waals surface area contributed by atoms with Gasteiger partial charge in [0.15, 0.2) is 17.5 Å². The molecule has 12 heteroatoms. The van der Waals surface area contributed by atoms with Gasteiger partial charge in [0.05, 0.1) is 34.2 Å². The summed E-state index contributed by atoms with van der Waals surface area (Å²) in [5.41, 5.74) is 35.8. The molecule has 18 aromatic carbocycles. The molecular formula is C134H83N9S3. The lowest BCUT2D eigenvalue weighted by molar-refractivity contribution is 0.660. The van der Waals surface area contributed by atoms with Gasteiger partial charge in [0.1, 0.15) is 0 Å². The lowest BCUT2D eigenvalue weighted by atomic mass is 9.81. The van der Waals surface area contributed by atoms with E-state index in [0.717, 1.165) is 184 Å². The van der Waals surface area contributed by atoms with Crippen LogP contribution in [0.2, 0.25) is 0 Å². The normalized spacial score (nSPS) is 12.2. The summed E-state index contributed by atoms with van der Waals surface area (Å²) >= 11 is 5.46. The summed E-state index contributed by atoms with van der Waals surface area (Å²) in [6, 6.07) is 156. The predicted molar refractivity (Wildman–Crippen MR) is 610 cm³/mol. The third-order valence-electron chi connectivity index (χ3n) is 29.2. The van der Waals surface area contributed by atoms with Crippen LogP contribution in [0.25, 0.3) is 284 Å². The molecule has 0 N–H and O–H groups in total. The van der Waals surface area contributed by atoms with E-state index in [-0.39, 0.29) is 5.41 Å². The first kappa shape index (κ1) is 85.8. The van der Waals surface area contributed by atoms with Crippen LogP contribution < -0.4 is 0 Å². The number of aromatic nitrogens is 9. The van der Waals surface area contributed by atoms with Gasteiger partial charge in [-0.15, -0.1) is 34.0 Å². The average molecular weight is 1920 g/mol. The molecule has 0 aliphatic heterocycles. The largest absolute Gasteiger partial charge is 0.264 e. The third kappa shape index (κ3) is 15.6. The molecule has 0 amide bonds. The fraction of sp³-hybridized carbons (Fsp3) is 0.0224. The highest BCUT2D eigenvalue weighted by atomic mass is 32.1. The molecule has 0 saturated carbocycles. The first-order chi connectivity index (χ1) is 71.9. The van der Waals surface area contributed by atoms with E-state index in [0.29, 0.717) is 17.5 Å². The second kappa shape index (κ2) is 35.2. The standard InChI is InChI=1S/C134H83N9S3/c1-134(2)117-54-48-92(68-113(117)109-53-47-93(72-118(109)134)82-34-41-84(42-35-82)119-73-122(95-49-55-128-114(69-95)110-25-5-8-29-125(110)144-128)141-131(138-119)98-21-11-18-88(62-98)100-23-14-58-135-76-100)106-67-105(78-137-79-106)89-19-12-22-99(63-89)132-139-120(74-123(142-132)96-50-56-129-115(70-96)111-26-6-9-30-126(111)145-129)86-43-37-83(38-44-86)107-28-13-20-94-61-91(46-52-108(94)107)102-64-103(101-24-15-59-136-77-101)66-104(65-102)133-140-121(85-39-32-81(33-40-85)90-45-36-80-16-3-4-17-87(80)60-90)75-124(143-133)97-51-57-130-116(71-97)112-27-7-10-31-127(112)146-130/h3-79H,1-2H3. The minimum atomic E-state index is -0.265. The Hall–Kier alpha value is -18.2. The zero-order valence-corrected chi connectivity index (χ0v) is 81.7. The SMILES string of the molecule is CC1(C)c2ccc(-c3cncc(-c4cccc(-c5nc(-c6ccc(-c7cccc8cc(-c9cc(-c%10cccnc%10)cc(-c%10nc(-c%11ccc(-c%12ccc%13ccccc%13c%12)cc%11)cc(-c%11ccc%12sc%13ccccc%13c%12c%11)n%10)c9)ccc78)cc6)cc(-c6ccc7sc8ccccc8c7c6)n5)c4)c3)cc2-c2ccc(-c3ccc(-c4cc(-c5ccc6sc7ccccc7c6c5)nc(-c5cccc(-c6cccnc6)c5)n4)cc3)cc21. The monoisotopic (exact) mass is 1910 g/mol. The first-order valence-electron chi connectivity index (χ1n) is 49.1. The van der Waals surface area contributed by atoms with Crippen LogP contribution in [0.3, 0.4) is 0 Å². The second-order valence-electron chi connectivity index (χ2n) is 38.4. The Kier molecular flexibility index (Phi) is 20.7. The van der Waals surface area contributed by atoms with Gasteiger partial charge < -0.3 is 0 Å². The zero-order chi connectivity index (χ0) is 96.6. The van der Waals surface area contributed by atoms with E-state index in [1.165, 1.54) is 93.5 Å². The van der Waals surface area contributed by atoms with E-state index in [4.69, 9.17) is 34.9 Å². The molecule has 1 aliphatic carbocycles. The molecule has 27 aromatic rings. The maximum atomic E-state index is 5.54.